The minimum absolute atomic E-state index is 0.280. The highest BCUT2D eigenvalue weighted by Gasteiger charge is 2.23. The highest BCUT2D eigenvalue weighted by molar-refractivity contribution is 6.02. The Morgan fingerprint density at radius 3 is 3.05 bits per heavy atom. The van der Waals surface area contributed by atoms with Crippen molar-refractivity contribution in [2.75, 3.05) is 6.61 Å². The summed E-state index contributed by atoms with van der Waals surface area (Å²) < 4.78 is 6.76. The number of nitrogens with one attached hydrogen (secondary N) is 1. The van der Waals surface area contributed by atoms with Crippen molar-refractivity contribution in [3.05, 3.63) is 28.2 Å². The maximum absolute atomic E-state index is 11.8. The van der Waals surface area contributed by atoms with Gasteiger partial charge in [-0.2, -0.15) is 5.10 Å². The van der Waals surface area contributed by atoms with Crippen LogP contribution in [0.15, 0.2) is 17.1 Å². The van der Waals surface area contributed by atoms with E-state index in [0.29, 0.717) is 17.0 Å². The molecule has 1 aliphatic carbocycles. The molecule has 1 N–H and O–H groups in total. The smallest absolute Gasteiger partial charge is 0.339 e. The van der Waals surface area contributed by atoms with Gasteiger partial charge in [0.1, 0.15) is 0 Å². The summed E-state index contributed by atoms with van der Waals surface area (Å²) >= 11 is 0. The number of aromatic nitrogens is 3. The zero-order valence-electron chi connectivity index (χ0n) is 10.7. The van der Waals surface area contributed by atoms with Gasteiger partial charge in [0, 0.05) is 18.8 Å². The molecule has 0 saturated heterocycles. The Morgan fingerprint density at radius 1 is 1.58 bits per heavy atom. The number of esters is 1. The molecule has 0 bridgehead atoms. The molecule has 0 unspecified atom stereocenters. The summed E-state index contributed by atoms with van der Waals surface area (Å²) in [6.07, 6.45) is 4.24. The van der Waals surface area contributed by atoms with E-state index < -0.39 is 5.97 Å². The van der Waals surface area contributed by atoms with Crippen molar-refractivity contribution in [3.8, 4) is 0 Å². The molecule has 2 aromatic heterocycles. The summed E-state index contributed by atoms with van der Waals surface area (Å²) in [6, 6.07) is 1.27. The van der Waals surface area contributed by atoms with Crippen LogP contribution in [-0.2, 0) is 11.3 Å². The van der Waals surface area contributed by atoms with Crippen LogP contribution in [0.1, 0.15) is 30.1 Å². The Kier molecular flexibility index (Phi) is 2.85. The lowest BCUT2D eigenvalue weighted by atomic mass is 10.2. The number of hydrogen-bond acceptors (Lipinski definition) is 4. The van der Waals surface area contributed by atoms with E-state index >= 15 is 0 Å². The second-order valence-corrected chi connectivity index (χ2v) is 4.82. The summed E-state index contributed by atoms with van der Waals surface area (Å²) in [5.74, 6) is 0.191. The quantitative estimate of drug-likeness (QED) is 0.842. The van der Waals surface area contributed by atoms with Crippen LogP contribution < -0.4 is 5.56 Å². The van der Waals surface area contributed by atoms with E-state index in [2.05, 4.69) is 10.1 Å². The maximum Gasteiger partial charge on any atom is 0.339 e. The maximum atomic E-state index is 11.8. The molecule has 3 rings (SSSR count). The molecule has 2 aromatic rings. The van der Waals surface area contributed by atoms with Crippen LogP contribution >= 0.6 is 0 Å². The third-order valence-corrected chi connectivity index (χ3v) is 3.21. The molecule has 100 valence electrons. The van der Waals surface area contributed by atoms with Gasteiger partial charge in [0.25, 0.3) is 0 Å². The monoisotopic (exact) mass is 261 g/mol. The van der Waals surface area contributed by atoms with Gasteiger partial charge >= 0.3 is 5.97 Å². The molecule has 0 aliphatic heterocycles. The number of fused-ring (bicyclic) bond motifs is 1. The molecular formula is C13H15N3O3. The van der Waals surface area contributed by atoms with E-state index in [1.807, 2.05) is 0 Å². The minimum atomic E-state index is -0.482. The van der Waals surface area contributed by atoms with Crippen molar-refractivity contribution in [1.82, 2.24) is 14.8 Å². The number of nitrogens with zero attached hydrogens (tertiary/aromatic N) is 2. The summed E-state index contributed by atoms with van der Waals surface area (Å²) in [4.78, 5) is 26.0. The van der Waals surface area contributed by atoms with Crippen LogP contribution in [0.3, 0.4) is 0 Å². The van der Waals surface area contributed by atoms with E-state index in [1.165, 1.54) is 18.9 Å². The number of carbonyl (C=O) groups is 1. The molecule has 0 spiro atoms. The van der Waals surface area contributed by atoms with Gasteiger partial charge in [-0.1, -0.05) is 0 Å². The number of carbonyl (C=O) groups excluding carboxylic acids is 1. The van der Waals surface area contributed by atoms with E-state index in [-0.39, 0.29) is 17.7 Å². The molecule has 19 heavy (non-hydrogen) atoms. The van der Waals surface area contributed by atoms with Crippen molar-refractivity contribution >= 4 is 17.0 Å². The van der Waals surface area contributed by atoms with Crippen LogP contribution in [0.4, 0.5) is 0 Å². The van der Waals surface area contributed by atoms with Crippen molar-refractivity contribution in [2.45, 2.75) is 26.3 Å². The lowest BCUT2D eigenvalue weighted by Gasteiger charge is -2.01. The highest BCUT2D eigenvalue weighted by Crippen LogP contribution is 2.30. The minimum Gasteiger partial charge on any atom is -0.462 e. The predicted octanol–water partition coefficient (Wildman–Crippen LogP) is 1.31. The Morgan fingerprint density at radius 2 is 2.37 bits per heavy atom. The fourth-order valence-corrected chi connectivity index (χ4v) is 2.11. The second-order valence-electron chi connectivity index (χ2n) is 4.82. The number of hydrogen-bond donors (Lipinski definition) is 1. The fourth-order valence-electron chi connectivity index (χ4n) is 2.11. The molecule has 1 aliphatic rings. The Hall–Kier alpha value is -2.11. The van der Waals surface area contributed by atoms with Gasteiger partial charge < -0.3 is 9.72 Å². The largest absolute Gasteiger partial charge is 0.462 e. The Balaban J connectivity index is 2.06. The van der Waals surface area contributed by atoms with Gasteiger partial charge in [-0.15, -0.1) is 0 Å². The Labute approximate surface area is 109 Å². The zero-order chi connectivity index (χ0) is 13.4. The van der Waals surface area contributed by atoms with E-state index in [4.69, 9.17) is 4.74 Å². The molecule has 1 saturated carbocycles. The first-order valence-electron chi connectivity index (χ1n) is 6.45. The number of rotatable bonds is 4. The topological polar surface area (TPSA) is 77.0 Å². The third kappa shape index (κ3) is 2.38. The van der Waals surface area contributed by atoms with Gasteiger partial charge in [-0.3, -0.25) is 9.48 Å². The molecule has 0 amide bonds. The van der Waals surface area contributed by atoms with Crippen LogP contribution in [0, 0.1) is 5.92 Å². The van der Waals surface area contributed by atoms with Crippen molar-refractivity contribution in [2.24, 2.45) is 5.92 Å². The van der Waals surface area contributed by atoms with Crippen molar-refractivity contribution in [1.29, 1.82) is 0 Å². The molecule has 6 heteroatoms. The molecular weight excluding hydrogens is 246 g/mol. The first-order chi connectivity index (χ1) is 9.17. The van der Waals surface area contributed by atoms with Gasteiger partial charge in [-0.25, -0.2) is 4.79 Å². The van der Waals surface area contributed by atoms with Crippen LogP contribution in [0.5, 0.6) is 0 Å². The van der Waals surface area contributed by atoms with Crippen LogP contribution in [-0.4, -0.2) is 27.3 Å². The number of H-pyrrole nitrogens is 1. The van der Waals surface area contributed by atoms with Gasteiger partial charge in [0.15, 0.2) is 5.65 Å². The summed E-state index contributed by atoms with van der Waals surface area (Å²) in [5, 5.41) is 4.95. The van der Waals surface area contributed by atoms with Gasteiger partial charge in [0.05, 0.1) is 17.6 Å². The number of aromatic amines is 1. The highest BCUT2D eigenvalue weighted by atomic mass is 16.5. The predicted molar refractivity (Wildman–Crippen MR) is 69.0 cm³/mol. The van der Waals surface area contributed by atoms with Crippen molar-refractivity contribution < 1.29 is 9.53 Å². The van der Waals surface area contributed by atoms with E-state index in [1.54, 1.807) is 17.8 Å². The first-order valence-corrected chi connectivity index (χ1v) is 6.45. The number of pyridine rings is 1. The lowest BCUT2D eigenvalue weighted by molar-refractivity contribution is 0.0528. The lowest BCUT2D eigenvalue weighted by Crippen LogP contribution is -2.12. The van der Waals surface area contributed by atoms with Crippen molar-refractivity contribution in [3.63, 3.8) is 0 Å². The molecule has 1 fully saturated rings. The van der Waals surface area contributed by atoms with Gasteiger partial charge in [0.2, 0.25) is 5.56 Å². The SMILES string of the molecule is CCOC(=O)c1cc(=O)[nH]c2nn(CC3CC3)cc12. The molecule has 0 radical (unpaired) electrons. The first kappa shape index (κ1) is 12.0. The second kappa shape index (κ2) is 4.53. The Bertz CT molecular complexity index is 682. The average Bonchev–Trinajstić information content (AvgIpc) is 3.07. The number of ether oxygens (including phenoxy) is 1. The molecule has 0 aromatic carbocycles. The van der Waals surface area contributed by atoms with Crippen LogP contribution in [0.25, 0.3) is 11.0 Å². The zero-order valence-corrected chi connectivity index (χ0v) is 10.7. The standard InChI is InChI=1S/C13H15N3O3/c1-2-19-13(18)9-5-11(17)14-12-10(9)7-16(15-12)6-8-3-4-8/h5,7-8H,2-4,6H2,1H3,(H,14,15,17). The molecule has 2 heterocycles. The summed E-state index contributed by atoms with van der Waals surface area (Å²) in [5.41, 5.74) is 0.381. The van der Waals surface area contributed by atoms with Gasteiger partial charge in [-0.05, 0) is 25.7 Å². The van der Waals surface area contributed by atoms with Crippen LogP contribution in [0.2, 0.25) is 0 Å². The molecule has 6 nitrogen and oxygen atoms in total. The fraction of sp³-hybridized carbons (Fsp3) is 0.462. The van der Waals surface area contributed by atoms with E-state index in [0.717, 1.165) is 6.54 Å². The van der Waals surface area contributed by atoms with E-state index in [9.17, 15) is 9.59 Å². The summed E-state index contributed by atoms with van der Waals surface area (Å²) in [7, 11) is 0. The molecule has 0 atom stereocenters. The third-order valence-electron chi connectivity index (χ3n) is 3.21. The average molecular weight is 261 g/mol. The normalized spacial score (nSPS) is 14.8. The summed E-state index contributed by atoms with van der Waals surface area (Å²) in [6.45, 7) is 2.85.